The monoisotopic (exact) mass is 324 g/mol. The number of nitrogens with one attached hydrogen (secondary N) is 2. The SMILES string of the molecule is Nc1n[nH]c2cc(OCC3CCNCC3)cc(Br)c12. The summed E-state index contributed by atoms with van der Waals surface area (Å²) in [6, 6.07) is 3.90. The minimum absolute atomic E-state index is 0.506. The number of fused-ring (bicyclic) bond motifs is 1. The van der Waals surface area contributed by atoms with Crippen molar-refractivity contribution in [3.8, 4) is 5.75 Å². The molecule has 0 saturated carbocycles. The summed E-state index contributed by atoms with van der Waals surface area (Å²) >= 11 is 3.51. The Morgan fingerprint density at radius 2 is 2.16 bits per heavy atom. The third kappa shape index (κ3) is 2.69. The molecule has 3 rings (SSSR count). The molecule has 1 aromatic carbocycles. The zero-order valence-electron chi connectivity index (χ0n) is 10.6. The van der Waals surface area contributed by atoms with E-state index >= 15 is 0 Å². The highest BCUT2D eigenvalue weighted by molar-refractivity contribution is 9.10. The summed E-state index contributed by atoms with van der Waals surface area (Å²) in [4.78, 5) is 0. The molecule has 19 heavy (non-hydrogen) atoms. The quantitative estimate of drug-likeness (QED) is 0.809. The summed E-state index contributed by atoms with van der Waals surface area (Å²) in [5.74, 6) is 2.00. The molecular formula is C13H17BrN4O. The molecule has 1 aromatic heterocycles. The number of nitrogens with two attached hydrogens (primary N) is 1. The lowest BCUT2D eigenvalue weighted by molar-refractivity contribution is 0.215. The van der Waals surface area contributed by atoms with Crippen molar-refractivity contribution < 1.29 is 4.74 Å². The van der Waals surface area contributed by atoms with Crippen LogP contribution < -0.4 is 15.8 Å². The second-order valence-corrected chi connectivity index (χ2v) is 5.80. The molecule has 1 aliphatic rings. The number of hydrogen-bond acceptors (Lipinski definition) is 4. The van der Waals surface area contributed by atoms with E-state index in [2.05, 4.69) is 31.4 Å². The molecule has 2 aromatic rings. The molecule has 1 saturated heterocycles. The Labute approximate surface area is 120 Å². The largest absolute Gasteiger partial charge is 0.493 e. The van der Waals surface area contributed by atoms with Gasteiger partial charge in [-0.25, -0.2) is 0 Å². The molecule has 0 aliphatic carbocycles. The van der Waals surface area contributed by atoms with Gasteiger partial charge >= 0.3 is 0 Å². The Balaban J connectivity index is 1.74. The summed E-state index contributed by atoms with van der Waals surface area (Å²) < 4.78 is 6.81. The fourth-order valence-corrected chi connectivity index (χ4v) is 3.09. The zero-order chi connectivity index (χ0) is 13.2. The van der Waals surface area contributed by atoms with E-state index in [9.17, 15) is 0 Å². The fourth-order valence-electron chi connectivity index (χ4n) is 2.45. The fraction of sp³-hybridized carbons (Fsp3) is 0.462. The number of anilines is 1. The van der Waals surface area contributed by atoms with Crippen LogP contribution in [-0.2, 0) is 0 Å². The summed E-state index contributed by atoms with van der Waals surface area (Å²) in [6.07, 6.45) is 2.36. The maximum absolute atomic E-state index is 5.90. The first-order valence-corrected chi connectivity index (χ1v) is 7.30. The smallest absolute Gasteiger partial charge is 0.154 e. The molecule has 0 unspecified atom stereocenters. The number of piperidine rings is 1. The van der Waals surface area contributed by atoms with Crippen LogP contribution in [0.5, 0.6) is 5.75 Å². The van der Waals surface area contributed by atoms with Crippen LogP contribution >= 0.6 is 15.9 Å². The van der Waals surface area contributed by atoms with Gasteiger partial charge in [0.25, 0.3) is 0 Å². The van der Waals surface area contributed by atoms with Gasteiger partial charge in [-0.15, -0.1) is 0 Å². The van der Waals surface area contributed by atoms with E-state index in [0.717, 1.165) is 40.8 Å². The van der Waals surface area contributed by atoms with Gasteiger partial charge in [0.1, 0.15) is 5.75 Å². The number of hydrogen-bond donors (Lipinski definition) is 3. The van der Waals surface area contributed by atoms with Gasteiger partial charge in [0.2, 0.25) is 0 Å². The second kappa shape index (κ2) is 5.38. The van der Waals surface area contributed by atoms with E-state index < -0.39 is 0 Å². The molecule has 0 atom stereocenters. The van der Waals surface area contributed by atoms with Crippen molar-refractivity contribution in [2.45, 2.75) is 12.8 Å². The van der Waals surface area contributed by atoms with Crippen LogP contribution in [0.1, 0.15) is 12.8 Å². The minimum Gasteiger partial charge on any atom is -0.493 e. The molecule has 1 aliphatic heterocycles. The maximum atomic E-state index is 5.90. The predicted molar refractivity (Wildman–Crippen MR) is 79.3 cm³/mol. The molecule has 0 bridgehead atoms. The maximum Gasteiger partial charge on any atom is 0.154 e. The van der Waals surface area contributed by atoms with Crippen molar-refractivity contribution in [1.82, 2.24) is 15.5 Å². The predicted octanol–water partition coefficient (Wildman–Crippen LogP) is 2.29. The molecule has 0 radical (unpaired) electrons. The van der Waals surface area contributed by atoms with Gasteiger partial charge in [-0.2, -0.15) is 5.10 Å². The van der Waals surface area contributed by atoms with E-state index in [1.165, 1.54) is 12.8 Å². The molecule has 5 nitrogen and oxygen atoms in total. The normalized spacial score (nSPS) is 16.9. The number of aromatic amines is 1. The average molecular weight is 325 g/mol. The zero-order valence-corrected chi connectivity index (χ0v) is 12.2. The molecule has 0 amide bonds. The Kier molecular flexibility index (Phi) is 3.61. The number of halogens is 1. The second-order valence-electron chi connectivity index (χ2n) is 4.94. The Hall–Kier alpha value is -1.27. The Morgan fingerprint density at radius 1 is 1.37 bits per heavy atom. The molecule has 6 heteroatoms. The van der Waals surface area contributed by atoms with Gasteiger partial charge in [-0.05, 0) is 53.8 Å². The van der Waals surface area contributed by atoms with E-state index in [-0.39, 0.29) is 0 Å². The van der Waals surface area contributed by atoms with Gasteiger partial charge in [0.05, 0.1) is 17.5 Å². The van der Waals surface area contributed by atoms with E-state index in [1.807, 2.05) is 12.1 Å². The molecule has 4 N–H and O–H groups in total. The van der Waals surface area contributed by atoms with Crippen LogP contribution in [0.15, 0.2) is 16.6 Å². The molecular weight excluding hydrogens is 308 g/mol. The van der Waals surface area contributed by atoms with Crippen molar-refractivity contribution >= 4 is 32.7 Å². The molecule has 0 spiro atoms. The van der Waals surface area contributed by atoms with E-state index in [0.29, 0.717) is 11.7 Å². The summed E-state index contributed by atoms with van der Waals surface area (Å²) in [5, 5.41) is 11.2. The lowest BCUT2D eigenvalue weighted by Crippen LogP contribution is -2.30. The van der Waals surface area contributed by atoms with E-state index in [1.54, 1.807) is 0 Å². The lowest BCUT2D eigenvalue weighted by atomic mass is 9.99. The van der Waals surface area contributed by atoms with Crippen LogP contribution in [0.4, 0.5) is 5.82 Å². The van der Waals surface area contributed by atoms with Crippen molar-refractivity contribution in [3.05, 3.63) is 16.6 Å². The van der Waals surface area contributed by atoms with Crippen LogP contribution in [0, 0.1) is 5.92 Å². The first kappa shape index (κ1) is 12.7. The van der Waals surface area contributed by atoms with Gasteiger partial charge in [-0.1, -0.05) is 0 Å². The van der Waals surface area contributed by atoms with Crippen LogP contribution in [0.25, 0.3) is 10.9 Å². The Morgan fingerprint density at radius 3 is 2.95 bits per heavy atom. The number of nitrogens with zero attached hydrogens (tertiary/aromatic N) is 1. The topological polar surface area (TPSA) is 76.0 Å². The van der Waals surface area contributed by atoms with Crippen LogP contribution in [0.2, 0.25) is 0 Å². The standard InChI is InChI=1S/C13H17BrN4O/c14-10-5-9(6-11-12(10)13(15)18-17-11)19-7-8-1-3-16-4-2-8/h5-6,8,16H,1-4,7H2,(H3,15,17,18). The number of rotatable bonds is 3. The van der Waals surface area contributed by atoms with Gasteiger partial charge < -0.3 is 15.8 Å². The number of H-pyrrole nitrogens is 1. The van der Waals surface area contributed by atoms with Crippen molar-refractivity contribution in [2.75, 3.05) is 25.4 Å². The highest BCUT2D eigenvalue weighted by atomic mass is 79.9. The van der Waals surface area contributed by atoms with Crippen LogP contribution in [0.3, 0.4) is 0 Å². The molecule has 1 fully saturated rings. The number of ether oxygens (including phenoxy) is 1. The minimum atomic E-state index is 0.506. The highest BCUT2D eigenvalue weighted by Gasteiger charge is 2.14. The molecule has 102 valence electrons. The van der Waals surface area contributed by atoms with Gasteiger partial charge in [0, 0.05) is 10.5 Å². The van der Waals surface area contributed by atoms with Crippen molar-refractivity contribution in [3.63, 3.8) is 0 Å². The summed E-state index contributed by atoms with van der Waals surface area (Å²) in [5.41, 5.74) is 6.69. The van der Waals surface area contributed by atoms with Crippen molar-refractivity contribution in [2.24, 2.45) is 5.92 Å². The molecule has 2 heterocycles. The number of aromatic nitrogens is 2. The summed E-state index contributed by atoms with van der Waals surface area (Å²) in [6.45, 7) is 2.95. The first-order valence-electron chi connectivity index (χ1n) is 6.50. The van der Waals surface area contributed by atoms with Gasteiger partial charge in [-0.3, -0.25) is 5.10 Å². The van der Waals surface area contributed by atoms with E-state index in [4.69, 9.17) is 10.5 Å². The Bertz CT molecular complexity index is 577. The average Bonchev–Trinajstić information content (AvgIpc) is 2.80. The highest BCUT2D eigenvalue weighted by Crippen LogP contribution is 2.32. The van der Waals surface area contributed by atoms with Crippen LogP contribution in [-0.4, -0.2) is 29.9 Å². The van der Waals surface area contributed by atoms with Gasteiger partial charge in [0.15, 0.2) is 5.82 Å². The number of benzene rings is 1. The lowest BCUT2D eigenvalue weighted by Gasteiger charge is -2.22. The summed E-state index contributed by atoms with van der Waals surface area (Å²) in [7, 11) is 0. The third-order valence-corrected chi connectivity index (χ3v) is 4.19. The number of nitrogen functional groups attached to an aromatic ring is 1. The first-order chi connectivity index (χ1) is 9.24. The van der Waals surface area contributed by atoms with Crippen molar-refractivity contribution in [1.29, 1.82) is 0 Å². The third-order valence-electron chi connectivity index (χ3n) is 3.56.